The molecule has 0 saturated heterocycles. The number of nitrogens with one attached hydrogen (secondary N) is 1. The molecule has 0 bridgehead atoms. The number of rotatable bonds is 4. The Labute approximate surface area is 111 Å². The Kier molecular flexibility index (Phi) is 3.83. The molecular weight excluding hydrogens is 275 g/mol. The lowest BCUT2D eigenvalue weighted by atomic mass is 10.2. The van der Waals surface area contributed by atoms with Crippen molar-refractivity contribution in [3.63, 3.8) is 0 Å². The molecule has 8 heteroatoms. The highest BCUT2D eigenvalue weighted by Crippen LogP contribution is 2.31. The first-order chi connectivity index (χ1) is 9.49. The van der Waals surface area contributed by atoms with Gasteiger partial charge in [-0.2, -0.15) is 13.2 Å². The standard InChI is InChI=1S/C12H8F3N3O2/c13-12(14,15)8-1-3-9(4-2-8)20-10-5-16-11(17-6-10)18-7-19/h1-7H,(H,16,17,18,19). The molecule has 0 atom stereocenters. The molecule has 20 heavy (non-hydrogen) atoms. The Morgan fingerprint density at radius 3 is 2.15 bits per heavy atom. The quantitative estimate of drug-likeness (QED) is 0.876. The molecule has 0 aliphatic heterocycles. The predicted octanol–water partition coefficient (Wildman–Crippen LogP) is 2.86. The van der Waals surface area contributed by atoms with E-state index in [-0.39, 0.29) is 17.4 Å². The third-order valence-electron chi connectivity index (χ3n) is 2.23. The first-order valence-corrected chi connectivity index (χ1v) is 5.36. The summed E-state index contributed by atoms with van der Waals surface area (Å²) in [4.78, 5) is 17.7. The van der Waals surface area contributed by atoms with E-state index in [4.69, 9.17) is 4.74 Å². The maximum absolute atomic E-state index is 12.4. The van der Waals surface area contributed by atoms with Crippen molar-refractivity contribution >= 4 is 12.4 Å². The van der Waals surface area contributed by atoms with Crippen LogP contribution in [0.15, 0.2) is 36.7 Å². The summed E-state index contributed by atoms with van der Waals surface area (Å²) in [5.41, 5.74) is -0.758. The SMILES string of the molecule is O=CNc1ncc(Oc2ccc(C(F)(F)F)cc2)cn1. The average Bonchev–Trinajstić information content (AvgIpc) is 2.41. The molecule has 0 unspecified atom stereocenters. The van der Waals surface area contributed by atoms with Gasteiger partial charge in [0.15, 0.2) is 5.75 Å². The third kappa shape index (κ3) is 3.44. The molecule has 0 fully saturated rings. The van der Waals surface area contributed by atoms with Crippen molar-refractivity contribution in [3.05, 3.63) is 42.2 Å². The highest BCUT2D eigenvalue weighted by atomic mass is 19.4. The number of alkyl halides is 3. The van der Waals surface area contributed by atoms with Crippen LogP contribution in [0, 0.1) is 0 Å². The number of hydrogen-bond acceptors (Lipinski definition) is 4. The summed E-state index contributed by atoms with van der Waals surface area (Å²) < 4.78 is 42.4. The lowest BCUT2D eigenvalue weighted by Crippen LogP contribution is -2.04. The summed E-state index contributed by atoms with van der Waals surface area (Å²) >= 11 is 0. The number of hydrogen-bond donors (Lipinski definition) is 1. The fourth-order valence-electron chi connectivity index (χ4n) is 1.34. The van der Waals surface area contributed by atoms with Crippen molar-refractivity contribution in [2.24, 2.45) is 0 Å². The van der Waals surface area contributed by atoms with E-state index < -0.39 is 11.7 Å². The molecule has 0 aliphatic rings. The number of ether oxygens (including phenoxy) is 1. The number of amides is 1. The van der Waals surface area contributed by atoms with E-state index in [1.807, 2.05) is 0 Å². The Morgan fingerprint density at radius 1 is 1.05 bits per heavy atom. The van der Waals surface area contributed by atoms with Gasteiger partial charge in [0.25, 0.3) is 0 Å². The maximum Gasteiger partial charge on any atom is 0.416 e. The van der Waals surface area contributed by atoms with Crippen LogP contribution in [0.1, 0.15) is 5.56 Å². The second-order valence-electron chi connectivity index (χ2n) is 3.63. The van der Waals surface area contributed by atoms with E-state index in [9.17, 15) is 18.0 Å². The lowest BCUT2D eigenvalue weighted by molar-refractivity contribution is -0.137. The van der Waals surface area contributed by atoms with Crippen LogP contribution < -0.4 is 10.1 Å². The van der Waals surface area contributed by atoms with Crippen molar-refractivity contribution in [3.8, 4) is 11.5 Å². The number of carbonyl (C=O) groups is 1. The van der Waals surface area contributed by atoms with Gasteiger partial charge < -0.3 is 4.74 Å². The number of nitrogens with zero attached hydrogens (tertiary/aromatic N) is 2. The second-order valence-corrected chi connectivity index (χ2v) is 3.63. The molecule has 5 nitrogen and oxygen atoms in total. The second kappa shape index (κ2) is 5.55. The monoisotopic (exact) mass is 283 g/mol. The van der Waals surface area contributed by atoms with Crippen LogP contribution in [0.25, 0.3) is 0 Å². The van der Waals surface area contributed by atoms with Gasteiger partial charge in [-0.3, -0.25) is 10.1 Å². The molecule has 1 amide bonds. The van der Waals surface area contributed by atoms with Crippen LogP contribution in [0.3, 0.4) is 0 Å². The lowest BCUT2D eigenvalue weighted by Gasteiger charge is -2.08. The molecule has 104 valence electrons. The summed E-state index contributed by atoms with van der Waals surface area (Å²) in [5.74, 6) is 0.554. The number of halogens is 3. The zero-order valence-corrected chi connectivity index (χ0v) is 9.89. The molecule has 1 aromatic heterocycles. The summed E-state index contributed by atoms with van der Waals surface area (Å²) in [6.45, 7) is 0. The molecule has 0 aliphatic carbocycles. The van der Waals surface area contributed by atoms with Gasteiger partial charge in [-0.1, -0.05) is 0 Å². The van der Waals surface area contributed by atoms with Gasteiger partial charge >= 0.3 is 6.18 Å². The van der Waals surface area contributed by atoms with Gasteiger partial charge in [-0.15, -0.1) is 0 Å². The van der Waals surface area contributed by atoms with Gasteiger partial charge in [0, 0.05) is 0 Å². The average molecular weight is 283 g/mol. The van der Waals surface area contributed by atoms with E-state index in [1.165, 1.54) is 24.5 Å². The van der Waals surface area contributed by atoms with Crippen molar-refractivity contribution in [1.82, 2.24) is 9.97 Å². The van der Waals surface area contributed by atoms with E-state index >= 15 is 0 Å². The van der Waals surface area contributed by atoms with Crippen LogP contribution in [0.2, 0.25) is 0 Å². The maximum atomic E-state index is 12.4. The van der Waals surface area contributed by atoms with Gasteiger partial charge in [0.2, 0.25) is 12.4 Å². The van der Waals surface area contributed by atoms with E-state index in [0.29, 0.717) is 6.41 Å². The van der Waals surface area contributed by atoms with Crippen LogP contribution in [-0.4, -0.2) is 16.4 Å². The van der Waals surface area contributed by atoms with Gasteiger partial charge in [-0.05, 0) is 24.3 Å². The highest BCUT2D eigenvalue weighted by Gasteiger charge is 2.30. The van der Waals surface area contributed by atoms with Crippen molar-refractivity contribution in [1.29, 1.82) is 0 Å². The van der Waals surface area contributed by atoms with E-state index in [0.717, 1.165) is 12.1 Å². The molecule has 0 saturated carbocycles. The molecular formula is C12H8F3N3O2. The molecule has 2 rings (SSSR count). The normalized spacial score (nSPS) is 10.9. The Hall–Kier alpha value is -2.64. The van der Waals surface area contributed by atoms with Crippen LogP contribution in [0.4, 0.5) is 19.1 Å². The summed E-state index contributed by atoms with van der Waals surface area (Å²) in [5, 5.41) is 2.24. The molecule has 1 aromatic carbocycles. The molecule has 0 radical (unpaired) electrons. The fourth-order valence-corrected chi connectivity index (χ4v) is 1.34. The van der Waals surface area contributed by atoms with Crippen LogP contribution in [-0.2, 0) is 11.0 Å². The van der Waals surface area contributed by atoms with Gasteiger partial charge in [0.05, 0.1) is 18.0 Å². The topological polar surface area (TPSA) is 64.1 Å². The number of aromatic nitrogens is 2. The van der Waals surface area contributed by atoms with Crippen molar-refractivity contribution in [2.45, 2.75) is 6.18 Å². The van der Waals surface area contributed by atoms with Crippen LogP contribution in [0.5, 0.6) is 11.5 Å². The molecule has 1 N–H and O–H groups in total. The first kappa shape index (κ1) is 13.8. The molecule has 1 heterocycles. The van der Waals surface area contributed by atoms with Crippen molar-refractivity contribution in [2.75, 3.05) is 5.32 Å². The van der Waals surface area contributed by atoms with E-state index in [2.05, 4.69) is 15.3 Å². The minimum atomic E-state index is -4.39. The van der Waals surface area contributed by atoms with Crippen LogP contribution >= 0.6 is 0 Å². The summed E-state index contributed by atoms with van der Waals surface area (Å²) in [6, 6.07) is 4.22. The van der Waals surface area contributed by atoms with Gasteiger partial charge in [-0.25, -0.2) is 9.97 Å². The number of anilines is 1. The zero-order chi connectivity index (χ0) is 14.6. The minimum absolute atomic E-state index is 0.0970. The smallest absolute Gasteiger partial charge is 0.416 e. The van der Waals surface area contributed by atoms with E-state index in [1.54, 1.807) is 0 Å². The third-order valence-corrected chi connectivity index (χ3v) is 2.23. The fraction of sp³-hybridized carbons (Fsp3) is 0.0833. The summed E-state index contributed by atoms with van der Waals surface area (Å²) in [6.07, 6.45) is -1.39. The molecule has 0 spiro atoms. The number of carbonyl (C=O) groups excluding carboxylic acids is 1. The highest BCUT2D eigenvalue weighted by molar-refractivity contribution is 5.66. The Morgan fingerprint density at radius 2 is 1.65 bits per heavy atom. The van der Waals surface area contributed by atoms with Crippen molar-refractivity contribution < 1.29 is 22.7 Å². The first-order valence-electron chi connectivity index (χ1n) is 5.36. The summed E-state index contributed by atoms with van der Waals surface area (Å²) in [7, 11) is 0. The van der Waals surface area contributed by atoms with Gasteiger partial charge in [0.1, 0.15) is 5.75 Å². The zero-order valence-electron chi connectivity index (χ0n) is 9.89. The Balaban J connectivity index is 2.08. The minimum Gasteiger partial charge on any atom is -0.454 e. The Bertz CT molecular complexity index is 582. The predicted molar refractivity (Wildman–Crippen MR) is 63.2 cm³/mol. The molecule has 2 aromatic rings. The number of benzene rings is 1. The largest absolute Gasteiger partial charge is 0.454 e.